The van der Waals surface area contributed by atoms with E-state index in [1.807, 2.05) is 42.5 Å². The number of alkyl halides is 2. The predicted molar refractivity (Wildman–Crippen MR) is 166 cm³/mol. The summed E-state index contributed by atoms with van der Waals surface area (Å²) in [5.74, 6) is -1.73. The van der Waals surface area contributed by atoms with Gasteiger partial charge in [0.1, 0.15) is 12.1 Å². The lowest BCUT2D eigenvalue weighted by Gasteiger charge is -2.34. The van der Waals surface area contributed by atoms with E-state index >= 15 is 0 Å². The molecule has 0 saturated carbocycles. The van der Waals surface area contributed by atoms with Gasteiger partial charge >= 0.3 is 13.3 Å². The van der Waals surface area contributed by atoms with Crippen molar-refractivity contribution >= 4 is 46.7 Å². The molecule has 1 aromatic heterocycles. The van der Waals surface area contributed by atoms with Crippen LogP contribution in [0.4, 0.5) is 8.78 Å². The Labute approximate surface area is 267 Å². The lowest BCUT2D eigenvalue weighted by Crippen LogP contribution is -2.56. The first-order valence-electron chi connectivity index (χ1n) is 14.9. The number of allylic oxidation sites excluding steroid dienone is 1. The van der Waals surface area contributed by atoms with E-state index in [1.54, 1.807) is 9.80 Å². The van der Waals surface area contributed by atoms with Crippen molar-refractivity contribution in [3.8, 4) is 6.07 Å². The van der Waals surface area contributed by atoms with E-state index in [-0.39, 0.29) is 52.9 Å². The lowest BCUT2D eigenvalue weighted by atomic mass is 9.90. The number of carbonyl (C=O) groups is 3. The Morgan fingerprint density at radius 2 is 1.83 bits per heavy atom. The largest absolute Gasteiger partial charge is 0.399 e. The second-order valence-electron chi connectivity index (χ2n) is 11.9. The van der Waals surface area contributed by atoms with Crippen LogP contribution < -0.4 is 5.32 Å². The first-order chi connectivity index (χ1) is 21.9. The number of benzene rings is 2. The maximum absolute atomic E-state index is 14.3. The van der Waals surface area contributed by atoms with Crippen LogP contribution in [-0.4, -0.2) is 68.5 Å². The second-order valence-corrected chi connectivity index (χ2v) is 14.6. The molecule has 6 rings (SSSR count). The fourth-order valence-corrected chi connectivity index (χ4v) is 8.06. The normalized spacial score (nSPS) is 25.9. The Morgan fingerprint density at radius 3 is 2.54 bits per heavy atom. The Bertz CT molecular complexity index is 1800. The topological polar surface area (TPSA) is 151 Å². The van der Waals surface area contributed by atoms with Crippen LogP contribution in [0.3, 0.4) is 0 Å². The number of nitrogens with zero attached hydrogens (tertiary/aromatic N) is 3. The summed E-state index contributed by atoms with van der Waals surface area (Å²) < 4.78 is 40.3. The van der Waals surface area contributed by atoms with E-state index in [0.29, 0.717) is 30.5 Å². The van der Waals surface area contributed by atoms with Crippen LogP contribution in [0.2, 0.25) is 0 Å². The highest BCUT2D eigenvalue weighted by molar-refractivity contribution is 7.52. The van der Waals surface area contributed by atoms with E-state index in [0.717, 1.165) is 29.0 Å². The van der Waals surface area contributed by atoms with Crippen molar-refractivity contribution in [2.45, 2.75) is 55.4 Å². The van der Waals surface area contributed by atoms with Crippen LogP contribution >= 0.6 is 18.9 Å². The molecule has 14 heteroatoms. The maximum Gasteiger partial charge on any atom is 0.399 e. The van der Waals surface area contributed by atoms with Gasteiger partial charge in [0.05, 0.1) is 22.9 Å². The summed E-state index contributed by atoms with van der Waals surface area (Å²) in [5.41, 5.74) is -4.28. The molecule has 0 aliphatic carbocycles. The quantitative estimate of drug-likeness (QED) is 0.255. The molecule has 0 spiro atoms. The number of nitrogens with one attached hydrogen (secondary N) is 1. The SMILES string of the molecule is N#C[C@H]1CN(C(=O)[C@@H]2CC[C@@H]3/C=C\CC[C@H](NC(=O)c4cc5cc(C(F)(F)P(=O)(O)O)ccc5s4)C(=O)N32)C[C@@H]1c1ccccc1. The molecule has 3 aromatic rings. The molecular weight excluding hydrogens is 637 g/mol. The van der Waals surface area contributed by atoms with Crippen LogP contribution in [-0.2, 0) is 19.8 Å². The third kappa shape index (κ3) is 5.86. The first-order valence-corrected chi connectivity index (χ1v) is 17.3. The van der Waals surface area contributed by atoms with Crippen molar-refractivity contribution in [3.63, 3.8) is 0 Å². The average Bonchev–Trinajstić information content (AvgIpc) is 3.77. The van der Waals surface area contributed by atoms with Crippen molar-refractivity contribution in [3.05, 3.63) is 82.8 Å². The number of hydrogen-bond donors (Lipinski definition) is 3. The summed E-state index contributed by atoms with van der Waals surface area (Å²) in [4.78, 5) is 62.8. The van der Waals surface area contributed by atoms with Crippen LogP contribution in [0.15, 0.2) is 66.7 Å². The van der Waals surface area contributed by atoms with Gasteiger partial charge in [-0.05, 0) is 54.8 Å². The van der Waals surface area contributed by atoms with Gasteiger partial charge in [0.15, 0.2) is 0 Å². The average molecular weight is 669 g/mol. The molecule has 10 nitrogen and oxygen atoms in total. The Kier molecular flexibility index (Phi) is 8.59. The fraction of sp³-hybridized carbons (Fsp3) is 0.375. The molecule has 3 amide bonds. The molecule has 3 aliphatic heterocycles. The summed E-state index contributed by atoms with van der Waals surface area (Å²) in [5, 5.41) is 12.8. The van der Waals surface area contributed by atoms with Gasteiger partial charge in [0, 0.05) is 29.3 Å². The molecule has 2 fully saturated rings. The minimum atomic E-state index is -5.77. The highest BCUT2D eigenvalue weighted by Gasteiger charge is 2.50. The number of halogens is 2. The Morgan fingerprint density at radius 1 is 1.07 bits per heavy atom. The monoisotopic (exact) mass is 668 g/mol. The summed E-state index contributed by atoms with van der Waals surface area (Å²) in [6, 6.07) is 14.4. The van der Waals surface area contributed by atoms with Gasteiger partial charge in [-0.3, -0.25) is 18.9 Å². The van der Waals surface area contributed by atoms with Crippen LogP contribution in [0.25, 0.3) is 10.1 Å². The number of rotatable bonds is 6. The van der Waals surface area contributed by atoms with Gasteiger partial charge in [-0.1, -0.05) is 48.6 Å². The van der Waals surface area contributed by atoms with Crippen molar-refractivity contribution in [1.82, 2.24) is 15.1 Å². The Balaban J connectivity index is 1.20. The zero-order valence-corrected chi connectivity index (χ0v) is 26.2. The number of likely N-dealkylation sites (tertiary alicyclic amines) is 1. The molecule has 0 radical (unpaired) electrons. The zero-order chi connectivity index (χ0) is 32.8. The minimum Gasteiger partial charge on any atom is -0.340 e. The molecule has 4 heterocycles. The number of carbonyl (C=O) groups excluding carboxylic acids is 3. The summed E-state index contributed by atoms with van der Waals surface area (Å²) in [6.07, 6.45) is 5.68. The van der Waals surface area contributed by atoms with Crippen LogP contribution in [0, 0.1) is 17.2 Å². The van der Waals surface area contributed by atoms with Gasteiger partial charge < -0.3 is 24.9 Å². The van der Waals surface area contributed by atoms with Gasteiger partial charge in [-0.15, -0.1) is 11.3 Å². The summed E-state index contributed by atoms with van der Waals surface area (Å²) in [7, 11) is -5.77. The molecule has 2 aromatic carbocycles. The van der Waals surface area contributed by atoms with Gasteiger partial charge in [0.2, 0.25) is 11.8 Å². The van der Waals surface area contributed by atoms with E-state index in [2.05, 4.69) is 11.4 Å². The van der Waals surface area contributed by atoms with Crippen molar-refractivity contribution in [2.24, 2.45) is 5.92 Å². The van der Waals surface area contributed by atoms with E-state index in [4.69, 9.17) is 9.79 Å². The molecule has 3 aliphatic rings. The Hall–Kier alpha value is -3.95. The van der Waals surface area contributed by atoms with Gasteiger partial charge in [0.25, 0.3) is 5.91 Å². The van der Waals surface area contributed by atoms with Crippen molar-refractivity contribution < 1.29 is 37.5 Å². The molecular formula is C32H31F2N4O6PS. The number of amides is 3. The number of thiophene rings is 1. The van der Waals surface area contributed by atoms with Crippen molar-refractivity contribution in [1.29, 1.82) is 5.26 Å². The highest BCUT2D eigenvalue weighted by Crippen LogP contribution is 2.59. The number of nitriles is 1. The minimum absolute atomic E-state index is 0.134. The number of hydrogen-bond acceptors (Lipinski definition) is 6. The third-order valence-electron chi connectivity index (χ3n) is 9.03. The molecule has 0 bridgehead atoms. The highest BCUT2D eigenvalue weighted by atomic mass is 32.1. The predicted octanol–water partition coefficient (Wildman–Crippen LogP) is 4.70. The zero-order valence-electron chi connectivity index (χ0n) is 24.5. The van der Waals surface area contributed by atoms with E-state index in [1.165, 1.54) is 12.1 Å². The maximum atomic E-state index is 14.3. The van der Waals surface area contributed by atoms with Gasteiger partial charge in [-0.25, -0.2) is 0 Å². The van der Waals surface area contributed by atoms with Crippen LogP contribution in [0.5, 0.6) is 0 Å². The molecule has 46 heavy (non-hydrogen) atoms. The van der Waals surface area contributed by atoms with Crippen molar-refractivity contribution in [2.75, 3.05) is 13.1 Å². The fourth-order valence-electron chi connectivity index (χ4n) is 6.64. The van der Waals surface area contributed by atoms with Gasteiger partial charge in [-0.2, -0.15) is 14.0 Å². The molecule has 3 N–H and O–H groups in total. The second kappa shape index (κ2) is 12.3. The molecule has 0 unspecified atom stereocenters. The summed E-state index contributed by atoms with van der Waals surface area (Å²) in [6.45, 7) is 0.635. The molecule has 5 atom stereocenters. The standard InChI is InChI=1S/C32H31F2N4O6PS/c33-32(34,45(42,43)44)22-10-13-27-20(14-22)15-28(46-27)29(39)36-25-9-5-4-8-23-11-12-26(38(23)30(25)40)31(41)37-17-21(16-35)24(18-37)19-6-2-1-3-7-19/h1-4,6-8,10,13-15,21,23-26H,5,9,11-12,17-18H2,(H,36,39)(H2,42,43,44)/b8-4-/t21-,23-,24+,25-,26-/m0/s1. The van der Waals surface area contributed by atoms with E-state index < -0.39 is 36.8 Å². The summed E-state index contributed by atoms with van der Waals surface area (Å²) >= 11 is 0.997. The number of fused-ring (bicyclic) bond motifs is 2. The molecule has 2 saturated heterocycles. The smallest absolute Gasteiger partial charge is 0.340 e. The van der Waals surface area contributed by atoms with Crippen LogP contribution in [0.1, 0.15) is 52.4 Å². The van der Waals surface area contributed by atoms with E-state index in [9.17, 15) is 33.0 Å². The first kappa shape index (κ1) is 32.0. The third-order valence-corrected chi connectivity index (χ3v) is 11.1. The molecule has 240 valence electrons. The lowest BCUT2D eigenvalue weighted by molar-refractivity contribution is -0.145.